The third-order valence-electron chi connectivity index (χ3n) is 6.57. The minimum absolute atomic E-state index is 0.0916. The molecule has 2 atom stereocenters. The highest BCUT2D eigenvalue weighted by Crippen LogP contribution is 2.28. The van der Waals surface area contributed by atoms with Crippen LogP contribution in [-0.2, 0) is 11.2 Å². The number of aryl methyl sites for hydroxylation is 1. The predicted octanol–water partition coefficient (Wildman–Crippen LogP) is 5.33. The molecule has 5 rings (SSSR count). The van der Waals surface area contributed by atoms with Crippen LogP contribution in [0.1, 0.15) is 30.5 Å². The molecule has 10 heteroatoms. The number of nitrogens with two attached hydrogens (primary N) is 1. The molecule has 0 saturated carbocycles. The number of hydrogen-bond donors (Lipinski definition) is 5. The summed E-state index contributed by atoms with van der Waals surface area (Å²) in [6, 6.07) is 26.7. The maximum atomic E-state index is 13.3. The van der Waals surface area contributed by atoms with Gasteiger partial charge >= 0.3 is 6.03 Å². The highest BCUT2D eigenvalue weighted by molar-refractivity contribution is 5.94. The number of benzene rings is 3. The quantitative estimate of drug-likeness (QED) is 0.159. The van der Waals surface area contributed by atoms with Crippen molar-refractivity contribution in [3.05, 3.63) is 108 Å². The smallest absolute Gasteiger partial charge is 0.319 e. The van der Waals surface area contributed by atoms with Crippen molar-refractivity contribution in [1.82, 2.24) is 25.6 Å². The molecule has 2 aromatic heterocycles. The maximum absolute atomic E-state index is 13.3. The number of carbonyl (C=O) groups is 2. The molecule has 0 aliphatic carbocycles. The zero-order valence-electron chi connectivity index (χ0n) is 22.5. The molecule has 0 aliphatic heterocycles. The highest BCUT2D eigenvalue weighted by Gasteiger charge is 2.23. The van der Waals surface area contributed by atoms with Crippen molar-refractivity contribution in [2.24, 2.45) is 0 Å². The Hall–Kier alpha value is -5.38. The maximum Gasteiger partial charge on any atom is 0.319 e. The zero-order chi connectivity index (χ0) is 28.6. The topological polar surface area (TPSA) is 147 Å². The first-order chi connectivity index (χ1) is 19.9. The van der Waals surface area contributed by atoms with Gasteiger partial charge in [-0.25, -0.2) is 4.79 Å². The Balaban J connectivity index is 1.22. The summed E-state index contributed by atoms with van der Waals surface area (Å²) in [6.07, 6.45) is 2.80. The van der Waals surface area contributed by atoms with Crippen molar-refractivity contribution in [1.29, 1.82) is 0 Å². The van der Waals surface area contributed by atoms with Gasteiger partial charge in [0.15, 0.2) is 0 Å². The number of amides is 3. The zero-order valence-corrected chi connectivity index (χ0v) is 22.5. The number of aromatic nitrogens is 3. The molecule has 2 heterocycles. The lowest BCUT2D eigenvalue weighted by Gasteiger charge is -2.22. The Morgan fingerprint density at radius 2 is 1.61 bits per heavy atom. The Morgan fingerprint density at radius 1 is 0.902 bits per heavy atom. The number of urea groups is 1. The van der Waals surface area contributed by atoms with Crippen LogP contribution in [0.2, 0.25) is 0 Å². The van der Waals surface area contributed by atoms with Gasteiger partial charge in [-0.3, -0.25) is 4.79 Å². The average Bonchev–Trinajstić information content (AvgIpc) is 3.46. The molecule has 0 unspecified atom stereocenters. The molecule has 0 radical (unpaired) electrons. The normalized spacial score (nSPS) is 12.3. The Bertz CT molecular complexity index is 1610. The number of anilines is 2. The van der Waals surface area contributed by atoms with Crippen molar-refractivity contribution >= 4 is 34.6 Å². The summed E-state index contributed by atoms with van der Waals surface area (Å²) >= 11 is 0. The summed E-state index contributed by atoms with van der Waals surface area (Å²) in [6.45, 7) is 1.92. The number of rotatable bonds is 10. The van der Waals surface area contributed by atoms with Crippen LogP contribution in [0, 0.1) is 0 Å². The van der Waals surface area contributed by atoms with Gasteiger partial charge in [-0.2, -0.15) is 9.97 Å². The third kappa shape index (κ3) is 7.18. The predicted molar refractivity (Wildman–Crippen MR) is 159 cm³/mol. The number of H-pyrrole nitrogens is 1. The fraction of sp³-hybridized carbons (Fsp3) is 0.161. The van der Waals surface area contributed by atoms with E-state index in [0.29, 0.717) is 41.2 Å². The van der Waals surface area contributed by atoms with Gasteiger partial charge in [0, 0.05) is 11.9 Å². The van der Waals surface area contributed by atoms with E-state index in [1.807, 2.05) is 67.6 Å². The lowest BCUT2D eigenvalue weighted by molar-refractivity contribution is -0.123. The van der Waals surface area contributed by atoms with Crippen LogP contribution < -0.4 is 26.4 Å². The van der Waals surface area contributed by atoms with Gasteiger partial charge in [0.2, 0.25) is 17.7 Å². The first-order valence-corrected chi connectivity index (χ1v) is 13.3. The molecule has 0 bridgehead atoms. The third-order valence-corrected chi connectivity index (χ3v) is 6.57. The highest BCUT2D eigenvalue weighted by atomic mass is 16.5. The number of ether oxygens (including phenoxy) is 1. The summed E-state index contributed by atoms with van der Waals surface area (Å²) < 4.78 is 5.90. The molecule has 6 N–H and O–H groups in total. The van der Waals surface area contributed by atoms with Gasteiger partial charge in [-0.1, -0.05) is 60.7 Å². The molecule has 0 spiro atoms. The monoisotopic (exact) mass is 549 g/mol. The second kappa shape index (κ2) is 12.6. The van der Waals surface area contributed by atoms with Gasteiger partial charge in [0.1, 0.15) is 17.4 Å². The number of nitrogen functional groups attached to an aromatic ring is 1. The van der Waals surface area contributed by atoms with Crippen molar-refractivity contribution < 1.29 is 14.3 Å². The Labute approximate surface area is 237 Å². The first-order valence-electron chi connectivity index (χ1n) is 13.3. The Morgan fingerprint density at radius 3 is 2.34 bits per heavy atom. The number of carbonyl (C=O) groups excluding carboxylic acids is 2. The van der Waals surface area contributed by atoms with E-state index in [4.69, 9.17) is 10.5 Å². The van der Waals surface area contributed by atoms with Crippen LogP contribution in [0.3, 0.4) is 0 Å². The van der Waals surface area contributed by atoms with E-state index in [-0.39, 0.29) is 17.9 Å². The van der Waals surface area contributed by atoms with Crippen molar-refractivity contribution in [2.75, 3.05) is 11.1 Å². The molecular formula is C31H31N7O3. The molecule has 3 aromatic carbocycles. The van der Waals surface area contributed by atoms with Crippen LogP contribution in [0.4, 0.5) is 16.4 Å². The van der Waals surface area contributed by atoms with Crippen molar-refractivity contribution in [2.45, 2.75) is 31.8 Å². The van der Waals surface area contributed by atoms with Crippen molar-refractivity contribution in [3.63, 3.8) is 0 Å². The van der Waals surface area contributed by atoms with Gasteiger partial charge in [-0.15, -0.1) is 0 Å². The minimum Gasteiger partial charge on any atom is -0.438 e. The number of nitrogens with one attached hydrogen (secondary N) is 4. The van der Waals surface area contributed by atoms with Crippen LogP contribution in [0.15, 0.2) is 97.2 Å². The SMILES string of the molecule is C[C@H](NC(=O)[C@H](CCc1ccccc1)NC(=O)Nc1ccc(Oc2nc(N)nc3[nH]ccc23)cc1)c1ccccc1. The van der Waals surface area contributed by atoms with Crippen molar-refractivity contribution in [3.8, 4) is 11.6 Å². The van der Waals surface area contributed by atoms with E-state index in [1.54, 1.807) is 36.5 Å². The number of fused-ring (bicyclic) bond motifs is 1. The summed E-state index contributed by atoms with van der Waals surface area (Å²) in [4.78, 5) is 37.5. The van der Waals surface area contributed by atoms with E-state index in [0.717, 1.165) is 11.1 Å². The summed E-state index contributed by atoms with van der Waals surface area (Å²) in [5, 5.41) is 9.37. The molecule has 208 valence electrons. The summed E-state index contributed by atoms with van der Waals surface area (Å²) in [5.74, 6) is 0.668. The van der Waals surface area contributed by atoms with Crippen LogP contribution >= 0.6 is 0 Å². The second-order valence-electron chi connectivity index (χ2n) is 9.57. The molecular weight excluding hydrogens is 518 g/mol. The molecule has 10 nitrogen and oxygen atoms in total. The molecule has 41 heavy (non-hydrogen) atoms. The number of hydrogen-bond acceptors (Lipinski definition) is 6. The summed E-state index contributed by atoms with van der Waals surface area (Å²) in [7, 11) is 0. The van der Waals surface area contributed by atoms with E-state index >= 15 is 0 Å². The van der Waals surface area contributed by atoms with E-state index in [2.05, 4.69) is 30.9 Å². The molecule has 0 aliphatic rings. The lowest BCUT2D eigenvalue weighted by atomic mass is 10.0. The summed E-state index contributed by atoms with van der Waals surface area (Å²) in [5.41, 5.74) is 8.96. The molecule has 3 amide bonds. The largest absolute Gasteiger partial charge is 0.438 e. The fourth-order valence-electron chi connectivity index (χ4n) is 4.41. The van der Waals surface area contributed by atoms with Crippen LogP contribution in [-0.4, -0.2) is 32.9 Å². The van der Waals surface area contributed by atoms with E-state index in [9.17, 15) is 9.59 Å². The average molecular weight is 550 g/mol. The fourth-order valence-corrected chi connectivity index (χ4v) is 4.41. The number of nitrogens with zero attached hydrogens (tertiary/aromatic N) is 2. The molecule has 0 saturated heterocycles. The molecule has 5 aromatic rings. The van der Waals surface area contributed by atoms with E-state index < -0.39 is 12.1 Å². The van der Waals surface area contributed by atoms with Crippen LogP contribution in [0.5, 0.6) is 11.6 Å². The number of aromatic amines is 1. The minimum atomic E-state index is -0.740. The molecule has 0 fully saturated rings. The standard InChI is InChI=1S/C31H31N7O3/c1-20(22-10-6-3-7-11-22)34-28(39)26(17-12-21-8-4-2-5-9-21)36-31(40)35-23-13-15-24(16-14-23)41-29-25-18-19-33-27(25)37-30(32)38-29/h2-11,13-16,18-20,26H,12,17H2,1H3,(H,34,39)(H2,35,36,40)(H3,32,33,37,38)/t20-,26-/m0/s1. The van der Waals surface area contributed by atoms with Crippen LogP contribution in [0.25, 0.3) is 11.0 Å². The second-order valence-corrected chi connectivity index (χ2v) is 9.57. The Kier molecular flexibility index (Phi) is 8.39. The van der Waals surface area contributed by atoms with Gasteiger partial charge in [0.05, 0.1) is 11.4 Å². The van der Waals surface area contributed by atoms with Gasteiger partial charge in [0.25, 0.3) is 0 Å². The van der Waals surface area contributed by atoms with Gasteiger partial charge < -0.3 is 31.4 Å². The van der Waals surface area contributed by atoms with Gasteiger partial charge in [-0.05, 0) is 61.2 Å². The lowest BCUT2D eigenvalue weighted by Crippen LogP contribution is -2.48. The van der Waals surface area contributed by atoms with E-state index in [1.165, 1.54) is 0 Å². The first kappa shape index (κ1) is 27.2.